The van der Waals surface area contributed by atoms with Crippen LogP contribution in [-0.4, -0.2) is 44.3 Å². The lowest BCUT2D eigenvalue weighted by Crippen LogP contribution is -2.38. The Morgan fingerprint density at radius 2 is 2.35 bits per heavy atom. The summed E-state index contributed by atoms with van der Waals surface area (Å²) in [6, 6.07) is 5.23. The lowest BCUT2D eigenvalue weighted by Gasteiger charge is -2.25. The third kappa shape index (κ3) is 4.42. The van der Waals surface area contributed by atoms with Crippen molar-refractivity contribution in [3.8, 4) is 0 Å². The zero-order valence-electron chi connectivity index (χ0n) is 11.9. The molecule has 1 aromatic rings. The molecule has 112 valence electrons. The van der Waals surface area contributed by atoms with Gasteiger partial charge in [0.25, 0.3) is 0 Å². The minimum absolute atomic E-state index is 0.174. The predicted octanol–water partition coefficient (Wildman–Crippen LogP) is 2.68. The number of hydrogen-bond acceptors (Lipinski definition) is 3. The summed E-state index contributed by atoms with van der Waals surface area (Å²) < 4.78 is 18.8. The van der Waals surface area contributed by atoms with Gasteiger partial charge in [-0.1, -0.05) is 11.6 Å². The van der Waals surface area contributed by atoms with Crippen molar-refractivity contribution in [2.24, 2.45) is 0 Å². The fraction of sp³-hybridized carbons (Fsp3) is 0.600. The van der Waals surface area contributed by atoms with Crippen molar-refractivity contribution >= 4 is 11.6 Å². The maximum atomic E-state index is 13.8. The Kier molecular flexibility index (Phi) is 6.23. The van der Waals surface area contributed by atoms with Gasteiger partial charge in [-0.15, -0.1) is 0 Å². The molecule has 0 bridgehead atoms. The van der Waals surface area contributed by atoms with Gasteiger partial charge < -0.3 is 10.1 Å². The summed E-state index contributed by atoms with van der Waals surface area (Å²) in [6.45, 7) is 4.14. The van der Waals surface area contributed by atoms with Crippen LogP contribution in [0.5, 0.6) is 0 Å². The second-order valence-corrected chi connectivity index (χ2v) is 5.64. The summed E-state index contributed by atoms with van der Waals surface area (Å²) in [5, 5.41) is 3.98. The third-order valence-corrected chi connectivity index (χ3v) is 3.98. The molecule has 1 N–H and O–H groups in total. The molecule has 20 heavy (non-hydrogen) atoms. The van der Waals surface area contributed by atoms with E-state index >= 15 is 0 Å². The van der Waals surface area contributed by atoms with Crippen LogP contribution < -0.4 is 5.32 Å². The lowest BCUT2D eigenvalue weighted by molar-refractivity contribution is 0.190. The first-order valence-corrected chi connectivity index (χ1v) is 7.46. The van der Waals surface area contributed by atoms with Crippen LogP contribution in [0.1, 0.15) is 18.4 Å². The third-order valence-electron chi connectivity index (χ3n) is 3.74. The van der Waals surface area contributed by atoms with E-state index in [0.717, 1.165) is 32.7 Å². The molecule has 0 radical (unpaired) electrons. The maximum absolute atomic E-state index is 13.8. The van der Waals surface area contributed by atoms with Crippen molar-refractivity contribution in [2.75, 3.05) is 33.4 Å². The van der Waals surface area contributed by atoms with E-state index in [1.807, 2.05) is 0 Å². The van der Waals surface area contributed by atoms with Gasteiger partial charge in [0.2, 0.25) is 0 Å². The zero-order chi connectivity index (χ0) is 14.4. The number of halogens is 2. The predicted molar refractivity (Wildman–Crippen MR) is 79.6 cm³/mol. The number of nitrogens with one attached hydrogen (secondary N) is 1. The molecule has 1 fully saturated rings. The number of methoxy groups -OCH3 is 1. The van der Waals surface area contributed by atoms with Crippen molar-refractivity contribution < 1.29 is 9.13 Å². The fourth-order valence-electron chi connectivity index (χ4n) is 2.66. The van der Waals surface area contributed by atoms with E-state index in [2.05, 4.69) is 10.2 Å². The Morgan fingerprint density at radius 3 is 3.15 bits per heavy atom. The topological polar surface area (TPSA) is 24.5 Å². The largest absolute Gasteiger partial charge is 0.383 e. The van der Waals surface area contributed by atoms with Crippen LogP contribution in [-0.2, 0) is 11.3 Å². The van der Waals surface area contributed by atoms with Gasteiger partial charge in [-0.05, 0) is 37.6 Å². The Bertz CT molecular complexity index is 430. The number of rotatable bonds is 7. The van der Waals surface area contributed by atoms with Gasteiger partial charge >= 0.3 is 0 Å². The fourth-order valence-corrected chi connectivity index (χ4v) is 2.86. The van der Waals surface area contributed by atoms with Crippen molar-refractivity contribution in [2.45, 2.75) is 25.4 Å². The van der Waals surface area contributed by atoms with Gasteiger partial charge in [0.15, 0.2) is 0 Å². The Morgan fingerprint density at radius 1 is 1.50 bits per heavy atom. The Hall–Kier alpha value is -0.680. The molecular weight excluding hydrogens is 279 g/mol. The van der Waals surface area contributed by atoms with E-state index in [1.54, 1.807) is 19.2 Å². The molecule has 0 aliphatic carbocycles. The normalized spacial score (nSPS) is 19.6. The summed E-state index contributed by atoms with van der Waals surface area (Å²) in [5.74, 6) is -0.174. The summed E-state index contributed by atoms with van der Waals surface area (Å²) in [7, 11) is 1.70. The summed E-state index contributed by atoms with van der Waals surface area (Å²) in [6.07, 6.45) is 2.32. The van der Waals surface area contributed by atoms with Crippen LogP contribution in [0.2, 0.25) is 5.02 Å². The molecule has 1 unspecified atom stereocenters. The highest BCUT2D eigenvalue weighted by Gasteiger charge is 2.24. The second kappa shape index (κ2) is 7.93. The number of likely N-dealkylation sites (tertiary alicyclic amines) is 1. The van der Waals surface area contributed by atoms with Gasteiger partial charge in [-0.2, -0.15) is 0 Å². The van der Waals surface area contributed by atoms with Gasteiger partial charge in [0, 0.05) is 43.4 Å². The maximum Gasteiger partial charge on any atom is 0.127 e. The number of benzene rings is 1. The van der Waals surface area contributed by atoms with Gasteiger partial charge in [-0.25, -0.2) is 4.39 Å². The Balaban J connectivity index is 1.88. The van der Waals surface area contributed by atoms with Gasteiger partial charge in [-0.3, -0.25) is 4.90 Å². The molecule has 1 aliphatic heterocycles. The van der Waals surface area contributed by atoms with E-state index in [4.69, 9.17) is 16.3 Å². The van der Waals surface area contributed by atoms with E-state index in [9.17, 15) is 4.39 Å². The number of hydrogen-bond donors (Lipinski definition) is 1. The van der Waals surface area contributed by atoms with Crippen LogP contribution in [0.4, 0.5) is 4.39 Å². The lowest BCUT2D eigenvalue weighted by atomic mass is 10.1. The standard InChI is InChI=1S/C15H22ClFN2O/c1-20-8-6-18-10-14-3-2-7-19(14)11-12-9-13(16)4-5-15(12)17/h4-5,9,14,18H,2-3,6-8,10-11H2,1H3. The highest BCUT2D eigenvalue weighted by molar-refractivity contribution is 6.30. The van der Waals surface area contributed by atoms with Crippen LogP contribution in [0.15, 0.2) is 18.2 Å². The first-order valence-electron chi connectivity index (χ1n) is 7.08. The average Bonchev–Trinajstić information content (AvgIpc) is 2.86. The molecule has 3 nitrogen and oxygen atoms in total. The highest BCUT2D eigenvalue weighted by atomic mass is 35.5. The molecule has 1 aromatic carbocycles. The molecule has 1 saturated heterocycles. The van der Waals surface area contributed by atoms with E-state index < -0.39 is 0 Å². The van der Waals surface area contributed by atoms with Crippen LogP contribution >= 0.6 is 11.6 Å². The van der Waals surface area contributed by atoms with Crippen LogP contribution in [0.3, 0.4) is 0 Å². The molecule has 0 saturated carbocycles. The first-order chi connectivity index (χ1) is 9.70. The summed E-state index contributed by atoms with van der Waals surface area (Å²) in [5.41, 5.74) is 0.682. The van der Waals surface area contributed by atoms with Crippen LogP contribution in [0, 0.1) is 5.82 Å². The minimum Gasteiger partial charge on any atom is -0.383 e. The average molecular weight is 301 g/mol. The number of ether oxygens (including phenoxy) is 1. The first kappa shape index (κ1) is 15.7. The van der Waals surface area contributed by atoms with E-state index in [-0.39, 0.29) is 5.82 Å². The van der Waals surface area contributed by atoms with Crippen molar-refractivity contribution in [1.29, 1.82) is 0 Å². The van der Waals surface area contributed by atoms with E-state index in [0.29, 0.717) is 23.2 Å². The molecule has 2 rings (SSSR count). The quantitative estimate of drug-likeness (QED) is 0.784. The van der Waals surface area contributed by atoms with Gasteiger partial charge in [0.1, 0.15) is 5.82 Å². The van der Waals surface area contributed by atoms with Gasteiger partial charge in [0.05, 0.1) is 6.61 Å². The summed E-state index contributed by atoms with van der Waals surface area (Å²) in [4.78, 5) is 2.33. The molecule has 1 heterocycles. The summed E-state index contributed by atoms with van der Waals surface area (Å²) >= 11 is 5.95. The van der Waals surface area contributed by atoms with Crippen molar-refractivity contribution in [3.05, 3.63) is 34.6 Å². The molecule has 1 aliphatic rings. The Labute approximate surface area is 125 Å². The monoisotopic (exact) mass is 300 g/mol. The molecule has 0 spiro atoms. The molecule has 0 amide bonds. The number of nitrogens with zero attached hydrogens (tertiary/aromatic N) is 1. The van der Waals surface area contributed by atoms with E-state index in [1.165, 1.54) is 12.5 Å². The zero-order valence-corrected chi connectivity index (χ0v) is 12.6. The SMILES string of the molecule is COCCNCC1CCCN1Cc1cc(Cl)ccc1F. The van der Waals surface area contributed by atoms with Crippen molar-refractivity contribution in [3.63, 3.8) is 0 Å². The second-order valence-electron chi connectivity index (χ2n) is 5.20. The molecular formula is C15H22ClFN2O. The minimum atomic E-state index is -0.174. The van der Waals surface area contributed by atoms with Crippen molar-refractivity contribution in [1.82, 2.24) is 10.2 Å². The molecule has 5 heteroatoms. The van der Waals surface area contributed by atoms with Crippen LogP contribution in [0.25, 0.3) is 0 Å². The highest BCUT2D eigenvalue weighted by Crippen LogP contribution is 2.22. The molecule has 0 aromatic heterocycles. The smallest absolute Gasteiger partial charge is 0.127 e. The molecule has 1 atom stereocenters.